The average molecular weight is 365 g/mol. The molecule has 0 spiro atoms. The first kappa shape index (κ1) is 18.2. The summed E-state index contributed by atoms with van der Waals surface area (Å²) in [5.74, 6) is 0.243. The van der Waals surface area contributed by atoms with Crippen molar-refractivity contribution in [3.63, 3.8) is 0 Å². The fourth-order valence-electron chi connectivity index (χ4n) is 3.47. The number of likely N-dealkylation sites (tertiary alicyclic amines) is 1. The van der Waals surface area contributed by atoms with Crippen molar-refractivity contribution in [2.45, 2.75) is 25.7 Å². The van der Waals surface area contributed by atoms with Gasteiger partial charge in [-0.05, 0) is 37.0 Å². The molecule has 1 aromatic carbocycles. The molecule has 136 valence electrons. The van der Waals surface area contributed by atoms with Gasteiger partial charge >= 0.3 is 0 Å². The lowest BCUT2D eigenvalue weighted by Crippen LogP contribution is -2.48. The Morgan fingerprint density at radius 2 is 2.00 bits per heavy atom. The minimum absolute atomic E-state index is 0.0824. The zero-order chi connectivity index (χ0) is 17.6. The van der Waals surface area contributed by atoms with E-state index in [1.807, 2.05) is 34.1 Å². The monoisotopic (exact) mass is 364 g/mol. The molecule has 0 radical (unpaired) electrons. The molecule has 2 heterocycles. The normalized spacial score (nSPS) is 22.0. The number of halogens is 1. The Morgan fingerprint density at radius 3 is 2.80 bits per heavy atom. The van der Waals surface area contributed by atoms with E-state index >= 15 is 0 Å². The first-order valence-electron chi connectivity index (χ1n) is 9.02. The fraction of sp³-hybridized carbons (Fsp3) is 0.579. The third-order valence-corrected chi connectivity index (χ3v) is 5.22. The molecule has 2 aliphatic rings. The van der Waals surface area contributed by atoms with Crippen LogP contribution in [0, 0.1) is 5.92 Å². The third kappa shape index (κ3) is 4.95. The maximum absolute atomic E-state index is 12.8. The third-order valence-electron chi connectivity index (χ3n) is 4.97. The van der Waals surface area contributed by atoms with Gasteiger partial charge in [0.05, 0.1) is 12.5 Å². The average Bonchev–Trinajstić information content (AvgIpc) is 2.91. The molecular formula is C19H25ClN2O3. The summed E-state index contributed by atoms with van der Waals surface area (Å²) >= 11 is 5.91. The predicted molar refractivity (Wildman–Crippen MR) is 96.5 cm³/mol. The molecule has 2 amide bonds. The Bertz CT molecular complexity index is 597. The van der Waals surface area contributed by atoms with Crippen molar-refractivity contribution in [3.8, 4) is 0 Å². The molecule has 1 atom stereocenters. The van der Waals surface area contributed by atoms with Crippen molar-refractivity contribution < 1.29 is 14.3 Å². The number of benzene rings is 1. The Morgan fingerprint density at radius 1 is 1.20 bits per heavy atom. The van der Waals surface area contributed by atoms with E-state index in [0.717, 1.165) is 31.6 Å². The number of rotatable bonds is 4. The van der Waals surface area contributed by atoms with Crippen LogP contribution in [0.15, 0.2) is 24.3 Å². The number of carbonyl (C=O) groups is 2. The molecule has 2 aliphatic heterocycles. The van der Waals surface area contributed by atoms with Gasteiger partial charge in [-0.3, -0.25) is 9.59 Å². The Hall–Kier alpha value is -1.59. The molecule has 0 saturated carbocycles. The molecule has 5 nitrogen and oxygen atoms in total. The molecule has 0 aliphatic carbocycles. The van der Waals surface area contributed by atoms with Crippen LogP contribution in [0.4, 0.5) is 0 Å². The highest BCUT2D eigenvalue weighted by molar-refractivity contribution is 6.30. The summed E-state index contributed by atoms with van der Waals surface area (Å²) in [6.45, 7) is 3.93. The SMILES string of the molecule is O=C1CCC(C(=O)N2CCCOCC2)CN1CCc1ccc(Cl)cc1. The van der Waals surface area contributed by atoms with Crippen LogP contribution in [0.3, 0.4) is 0 Å². The maximum Gasteiger partial charge on any atom is 0.227 e. The van der Waals surface area contributed by atoms with E-state index in [-0.39, 0.29) is 17.7 Å². The quantitative estimate of drug-likeness (QED) is 0.824. The molecular weight excluding hydrogens is 340 g/mol. The largest absolute Gasteiger partial charge is 0.380 e. The number of piperidine rings is 1. The van der Waals surface area contributed by atoms with Gasteiger partial charge in [-0.25, -0.2) is 0 Å². The van der Waals surface area contributed by atoms with Gasteiger partial charge in [-0.1, -0.05) is 23.7 Å². The van der Waals surface area contributed by atoms with Gasteiger partial charge in [-0.2, -0.15) is 0 Å². The summed E-state index contributed by atoms with van der Waals surface area (Å²) in [6.07, 6.45) is 2.78. The lowest BCUT2D eigenvalue weighted by molar-refractivity contribution is -0.143. The first-order valence-corrected chi connectivity index (χ1v) is 9.40. The molecule has 3 rings (SSSR count). The van der Waals surface area contributed by atoms with Crippen molar-refractivity contribution in [2.75, 3.05) is 39.4 Å². The highest BCUT2D eigenvalue weighted by Crippen LogP contribution is 2.21. The molecule has 6 heteroatoms. The summed E-state index contributed by atoms with van der Waals surface area (Å²) in [5.41, 5.74) is 1.15. The standard InChI is InChI=1S/C19H25ClN2O3/c20-17-5-2-15(3-6-17)8-10-22-14-16(4-7-18(22)23)19(24)21-9-1-12-25-13-11-21/h2-3,5-6,16H,1,4,7-14H2. The highest BCUT2D eigenvalue weighted by atomic mass is 35.5. The molecule has 0 N–H and O–H groups in total. The van der Waals surface area contributed by atoms with Crippen LogP contribution < -0.4 is 0 Å². The topological polar surface area (TPSA) is 49.9 Å². The number of nitrogens with zero attached hydrogens (tertiary/aromatic N) is 2. The van der Waals surface area contributed by atoms with Crippen LogP contribution in [0.25, 0.3) is 0 Å². The second-order valence-corrected chi connectivity index (χ2v) is 7.18. The van der Waals surface area contributed by atoms with E-state index in [9.17, 15) is 9.59 Å². The molecule has 0 aromatic heterocycles. The van der Waals surface area contributed by atoms with Crippen LogP contribution in [0.2, 0.25) is 5.02 Å². The lowest BCUT2D eigenvalue weighted by Gasteiger charge is -2.34. The van der Waals surface area contributed by atoms with Crippen molar-refractivity contribution in [1.82, 2.24) is 9.80 Å². The van der Waals surface area contributed by atoms with E-state index in [1.165, 1.54) is 0 Å². The zero-order valence-corrected chi connectivity index (χ0v) is 15.2. The Balaban J connectivity index is 1.56. The van der Waals surface area contributed by atoms with E-state index in [4.69, 9.17) is 16.3 Å². The van der Waals surface area contributed by atoms with Crippen LogP contribution in [-0.2, 0) is 20.7 Å². The van der Waals surface area contributed by atoms with Crippen LogP contribution in [-0.4, -0.2) is 61.0 Å². The number of hydrogen-bond donors (Lipinski definition) is 0. The molecule has 0 bridgehead atoms. The van der Waals surface area contributed by atoms with Gasteiger partial charge in [0.1, 0.15) is 0 Å². The van der Waals surface area contributed by atoms with Gasteiger partial charge in [0.2, 0.25) is 11.8 Å². The van der Waals surface area contributed by atoms with E-state index in [2.05, 4.69) is 0 Å². The van der Waals surface area contributed by atoms with E-state index < -0.39 is 0 Å². The zero-order valence-electron chi connectivity index (χ0n) is 14.5. The summed E-state index contributed by atoms with van der Waals surface area (Å²) in [4.78, 5) is 28.8. The second-order valence-electron chi connectivity index (χ2n) is 6.74. The van der Waals surface area contributed by atoms with Crippen molar-refractivity contribution >= 4 is 23.4 Å². The smallest absolute Gasteiger partial charge is 0.227 e. The molecule has 1 aromatic rings. The molecule has 25 heavy (non-hydrogen) atoms. The van der Waals surface area contributed by atoms with E-state index in [1.54, 1.807) is 0 Å². The number of amides is 2. The molecule has 2 saturated heterocycles. The minimum atomic E-state index is -0.0824. The molecule has 1 unspecified atom stereocenters. The lowest BCUT2D eigenvalue weighted by atomic mass is 9.95. The summed E-state index contributed by atoms with van der Waals surface area (Å²) < 4.78 is 5.43. The summed E-state index contributed by atoms with van der Waals surface area (Å²) in [6, 6.07) is 7.69. The van der Waals surface area contributed by atoms with E-state index in [0.29, 0.717) is 44.1 Å². The Labute approximate surface area is 153 Å². The maximum atomic E-state index is 12.8. The first-order chi connectivity index (χ1) is 12.1. The van der Waals surface area contributed by atoms with Gasteiger partial charge in [0, 0.05) is 44.2 Å². The summed E-state index contributed by atoms with van der Waals surface area (Å²) in [7, 11) is 0. The van der Waals surface area contributed by atoms with Crippen LogP contribution >= 0.6 is 11.6 Å². The highest BCUT2D eigenvalue weighted by Gasteiger charge is 2.32. The van der Waals surface area contributed by atoms with Gasteiger partial charge < -0.3 is 14.5 Å². The van der Waals surface area contributed by atoms with Crippen LogP contribution in [0.1, 0.15) is 24.8 Å². The number of ether oxygens (including phenoxy) is 1. The van der Waals surface area contributed by atoms with Gasteiger partial charge in [-0.15, -0.1) is 0 Å². The fourth-order valence-corrected chi connectivity index (χ4v) is 3.60. The van der Waals surface area contributed by atoms with Gasteiger partial charge in [0.25, 0.3) is 0 Å². The minimum Gasteiger partial charge on any atom is -0.380 e. The Kier molecular flexibility index (Phi) is 6.32. The van der Waals surface area contributed by atoms with Crippen LogP contribution in [0.5, 0.6) is 0 Å². The number of hydrogen-bond acceptors (Lipinski definition) is 3. The van der Waals surface area contributed by atoms with Crippen molar-refractivity contribution in [2.24, 2.45) is 5.92 Å². The second kappa shape index (κ2) is 8.68. The van der Waals surface area contributed by atoms with Crippen molar-refractivity contribution in [1.29, 1.82) is 0 Å². The summed E-state index contributed by atoms with van der Waals surface area (Å²) in [5, 5.41) is 0.713. The van der Waals surface area contributed by atoms with Crippen molar-refractivity contribution in [3.05, 3.63) is 34.9 Å². The predicted octanol–water partition coefficient (Wildman–Crippen LogP) is 2.37. The molecule has 2 fully saturated rings. The number of carbonyl (C=O) groups excluding carboxylic acids is 2. The van der Waals surface area contributed by atoms with Gasteiger partial charge in [0.15, 0.2) is 0 Å².